The molecule has 2 rings (SSSR count). The minimum absolute atomic E-state index is 0.0750. The van der Waals surface area contributed by atoms with Gasteiger partial charge in [0.05, 0.1) is 4.92 Å². The van der Waals surface area contributed by atoms with E-state index in [0.717, 1.165) is 4.90 Å². The molecular formula is C13H12N2O3S. The van der Waals surface area contributed by atoms with Crippen molar-refractivity contribution in [1.29, 1.82) is 0 Å². The predicted octanol–water partition coefficient (Wildman–Crippen LogP) is 3.17. The first-order valence-corrected chi connectivity index (χ1v) is 6.50. The van der Waals surface area contributed by atoms with Gasteiger partial charge in [0.2, 0.25) is 0 Å². The Morgan fingerprint density at radius 1 is 1.26 bits per heavy atom. The molecule has 0 aliphatic carbocycles. The average Bonchev–Trinajstić information content (AvgIpc) is 2.37. The van der Waals surface area contributed by atoms with Crippen molar-refractivity contribution in [3.63, 3.8) is 0 Å². The molecule has 0 aromatic heterocycles. The fraction of sp³-hybridized carbons (Fsp3) is 0.0769. The highest BCUT2D eigenvalue weighted by Crippen LogP contribution is 2.31. The lowest BCUT2D eigenvalue weighted by atomic mass is 10.2. The van der Waals surface area contributed by atoms with E-state index in [4.69, 9.17) is 5.73 Å². The van der Waals surface area contributed by atoms with Gasteiger partial charge in [0.1, 0.15) is 11.4 Å². The number of benzene rings is 2. The summed E-state index contributed by atoms with van der Waals surface area (Å²) in [6, 6.07) is 11.6. The van der Waals surface area contributed by atoms with Crippen LogP contribution in [0, 0.1) is 10.1 Å². The third-order valence-electron chi connectivity index (χ3n) is 2.58. The third-order valence-corrected chi connectivity index (χ3v) is 3.62. The first kappa shape index (κ1) is 13.2. The minimum Gasteiger partial charge on any atom is -0.508 e. The summed E-state index contributed by atoms with van der Waals surface area (Å²) in [6.45, 7) is 0. The molecule has 0 radical (unpaired) electrons. The monoisotopic (exact) mass is 276 g/mol. The number of phenolic OH excluding ortho intramolecular Hbond substituents is 1. The van der Waals surface area contributed by atoms with Gasteiger partial charge in [-0.1, -0.05) is 18.2 Å². The van der Waals surface area contributed by atoms with Crippen LogP contribution in [-0.4, -0.2) is 10.0 Å². The van der Waals surface area contributed by atoms with Crippen molar-refractivity contribution in [2.75, 3.05) is 5.73 Å². The van der Waals surface area contributed by atoms with Crippen molar-refractivity contribution in [2.45, 2.75) is 10.6 Å². The van der Waals surface area contributed by atoms with Crippen LogP contribution in [0.25, 0.3) is 0 Å². The Balaban J connectivity index is 2.16. The largest absolute Gasteiger partial charge is 0.508 e. The normalized spacial score (nSPS) is 10.3. The van der Waals surface area contributed by atoms with Crippen LogP contribution in [0.15, 0.2) is 47.4 Å². The van der Waals surface area contributed by atoms with Crippen molar-refractivity contribution in [1.82, 2.24) is 0 Å². The number of rotatable bonds is 4. The average molecular weight is 276 g/mol. The number of para-hydroxylation sites is 1. The van der Waals surface area contributed by atoms with E-state index in [1.54, 1.807) is 30.3 Å². The quantitative estimate of drug-likeness (QED) is 0.387. The molecule has 0 fully saturated rings. The van der Waals surface area contributed by atoms with Crippen molar-refractivity contribution in [3.05, 3.63) is 58.1 Å². The molecule has 6 heteroatoms. The van der Waals surface area contributed by atoms with E-state index >= 15 is 0 Å². The molecule has 5 nitrogen and oxygen atoms in total. The number of nitrogens with two attached hydrogens (primary N) is 1. The fourth-order valence-electron chi connectivity index (χ4n) is 1.62. The number of nitro benzene ring substituents is 1. The van der Waals surface area contributed by atoms with Crippen LogP contribution < -0.4 is 5.73 Å². The van der Waals surface area contributed by atoms with Crippen LogP contribution in [0.3, 0.4) is 0 Å². The second kappa shape index (κ2) is 5.62. The Kier molecular flexibility index (Phi) is 3.91. The Morgan fingerprint density at radius 2 is 2.00 bits per heavy atom. The zero-order valence-electron chi connectivity index (χ0n) is 9.95. The van der Waals surface area contributed by atoms with E-state index in [1.165, 1.54) is 17.8 Å². The highest BCUT2D eigenvalue weighted by atomic mass is 32.2. The van der Waals surface area contributed by atoms with Gasteiger partial charge in [0, 0.05) is 16.7 Å². The standard InChI is InChI=1S/C13H12N2O3S/c14-13-9(3-1-6-12(13)15(17)18)8-19-11-5-2-4-10(16)7-11/h1-7,16H,8,14H2. The molecule has 3 N–H and O–H groups in total. The van der Waals surface area contributed by atoms with Gasteiger partial charge < -0.3 is 10.8 Å². The highest BCUT2D eigenvalue weighted by Gasteiger charge is 2.14. The summed E-state index contributed by atoms with van der Waals surface area (Å²) in [6.07, 6.45) is 0. The Bertz CT molecular complexity index is 617. The maximum Gasteiger partial charge on any atom is 0.292 e. The van der Waals surface area contributed by atoms with Crippen LogP contribution in [0.1, 0.15) is 5.56 Å². The topological polar surface area (TPSA) is 89.4 Å². The molecule has 0 aliphatic heterocycles. The molecule has 2 aromatic rings. The molecular weight excluding hydrogens is 264 g/mol. The first-order valence-electron chi connectivity index (χ1n) is 5.51. The second-order valence-electron chi connectivity index (χ2n) is 3.89. The minimum atomic E-state index is -0.488. The zero-order chi connectivity index (χ0) is 13.8. The van der Waals surface area contributed by atoms with Crippen LogP contribution in [0.5, 0.6) is 5.75 Å². The maximum absolute atomic E-state index is 10.8. The second-order valence-corrected chi connectivity index (χ2v) is 4.94. The van der Waals surface area contributed by atoms with E-state index in [-0.39, 0.29) is 17.1 Å². The number of thioether (sulfide) groups is 1. The summed E-state index contributed by atoms with van der Waals surface area (Å²) in [5, 5.41) is 20.1. The van der Waals surface area contributed by atoms with Gasteiger partial charge in [-0.3, -0.25) is 10.1 Å². The summed E-state index contributed by atoms with van der Waals surface area (Å²) in [5.74, 6) is 0.703. The van der Waals surface area contributed by atoms with Gasteiger partial charge >= 0.3 is 0 Å². The molecule has 0 spiro atoms. The summed E-state index contributed by atoms with van der Waals surface area (Å²) < 4.78 is 0. The van der Waals surface area contributed by atoms with Crippen molar-refractivity contribution in [2.24, 2.45) is 0 Å². The molecule has 0 unspecified atom stereocenters. The lowest BCUT2D eigenvalue weighted by Gasteiger charge is -2.06. The van der Waals surface area contributed by atoms with E-state index in [9.17, 15) is 15.2 Å². The summed E-state index contributed by atoms with van der Waals surface area (Å²) in [5.41, 5.74) is 6.60. The highest BCUT2D eigenvalue weighted by molar-refractivity contribution is 7.98. The number of hydrogen-bond donors (Lipinski definition) is 2. The van der Waals surface area contributed by atoms with Gasteiger partial charge in [-0.15, -0.1) is 11.8 Å². The number of phenols is 1. The van der Waals surface area contributed by atoms with E-state index in [0.29, 0.717) is 11.3 Å². The van der Waals surface area contributed by atoms with E-state index in [1.807, 2.05) is 6.07 Å². The van der Waals surface area contributed by atoms with Crippen LogP contribution in [-0.2, 0) is 5.75 Å². The summed E-state index contributed by atoms with van der Waals surface area (Å²) in [7, 11) is 0. The molecule has 0 saturated heterocycles. The third kappa shape index (κ3) is 3.17. The molecule has 19 heavy (non-hydrogen) atoms. The van der Waals surface area contributed by atoms with Crippen LogP contribution in [0.2, 0.25) is 0 Å². The number of aromatic hydroxyl groups is 1. The Labute approximate surface area is 114 Å². The van der Waals surface area contributed by atoms with Gasteiger partial charge in [0.25, 0.3) is 5.69 Å². The van der Waals surface area contributed by atoms with Crippen LogP contribution in [0.4, 0.5) is 11.4 Å². The van der Waals surface area contributed by atoms with E-state index in [2.05, 4.69) is 0 Å². The Morgan fingerprint density at radius 3 is 2.68 bits per heavy atom. The summed E-state index contributed by atoms with van der Waals surface area (Å²) >= 11 is 1.46. The van der Waals surface area contributed by atoms with Gasteiger partial charge in [-0.2, -0.15) is 0 Å². The zero-order valence-corrected chi connectivity index (χ0v) is 10.8. The molecule has 0 aliphatic rings. The molecule has 98 valence electrons. The van der Waals surface area contributed by atoms with Gasteiger partial charge in [-0.05, 0) is 23.8 Å². The van der Waals surface area contributed by atoms with E-state index < -0.39 is 4.92 Å². The van der Waals surface area contributed by atoms with Crippen LogP contribution >= 0.6 is 11.8 Å². The molecule has 0 bridgehead atoms. The Hall–Kier alpha value is -2.21. The first-order chi connectivity index (χ1) is 9.08. The van der Waals surface area contributed by atoms with Crippen molar-refractivity contribution >= 4 is 23.1 Å². The van der Waals surface area contributed by atoms with Crippen molar-refractivity contribution in [3.8, 4) is 5.75 Å². The molecule has 2 aromatic carbocycles. The number of nitrogen functional groups attached to an aromatic ring is 1. The maximum atomic E-state index is 10.8. The van der Waals surface area contributed by atoms with Crippen molar-refractivity contribution < 1.29 is 10.0 Å². The fourth-order valence-corrected chi connectivity index (χ4v) is 2.57. The number of anilines is 1. The number of nitro groups is 1. The lowest BCUT2D eigenvalue weighted by molar-refractivity contribution is -0.383. The smallest absolute Gasteiger partial charge is 0.292 e. The number of nitrogens with zero attached hydrogens (tertiary/aromatic N) is 1. The summed E-state index contributed by atoms with van der Waals surface area (Å²) in [4.78, 5) is 11.2. The SMILES string of the molecule is Nc1c(CSc2cccc(O)c2)cccc1[N+](=O)[O-]. The number of hydrogen-bond acceptors (Lipinski definition) is 5. The molecule has 0 atom stereocenters. The predicted molar refractivity (Wildman–Crippen MR) is 75.2 cm³/mol. The van der Waals surface area contributed by atoms with Gasteiger partial charge in [0.15, 0.2) is 0 Å². The molecule has 0 heterocycles. The molecule has 0 saturated carbocycles. The van der Waals surface area contributed by atoms with Gasteiger partial charge in [-0.25, -0.2) is 0 Å². The molecule has 0 amide bonds. The lowest BCUT2D eigenvalue weighted by Crippen LogP contribution is -1.99.